The Labute approximate surface area is 82.1 Å². The van der Waals surface area contributed by atoms with Crippen molar-refractivity contribution in [3.8, 4) is 16.9 Å². The molecule has 1 aromatic carbocycles. The highest BCUT2D eigenvalue weighted by Gasteiger charge is 2.03. The number of phenolic OH excluding ortho intramolecular Hbond substituents is 1. The van der Waals surface area contributed by atoms with Gasteiger partial charge in [0.05, 0.1) is 0 Å². The molecule has 0 saturated carbocycles. The fourth-order valence-corrected chi connectivity index (χ4v) is 1.32. The molecule has 0 radical (unpaired) electrons. The zero-order valence-electron chi connectivity index (χ0n) is 7.81. The minimum absolute atomic E-state index is 0.255. The van der Waals surface area contributed by atoms with E-state index in [1.807, 2.05) is 19.1 Å². The lowest BCUT2D eigenvalue weighted by molar-refractivity contribution is 0.477. The summed E-state index contributed by atoms with van der Waals surface area (Å²) in [5.74, 6) is 0.255. The first kappa shape index (κ1) is 8.69. The predicted molar refractivity (Wildman–Crippen MR) is 53.9 cm³/mol. The standard InChI is InChI=1S/C11H10N2O/c1-8-2-3-11(14)10(4-8)9-5-12-7-13-6-9/h2-7,14H,1H3. The van der Waals surface area contributed by atoms with Gasteiger partial charge < -0.3 is 5.11 Å². The fourth-order valence-electron chi connectivity index (χ4n) is 1.32. The maximum atomic E-state index is 9.63. The fraction of sp³-hybridized carbons (Fsp3) is 0.0909. The second-order valence-corrected chi connectivity index (χ2v) is 3.15. The van der Waals surface area contributed by atoms with Gasteiger partial charge in [-0.15, -0.1) is 0 Å². The summed E-state index contributed by atoms with van der Waals surface area (Å²) in [4.78, 5) is 7.82. The van der Waals surface area contributed by atoms with E-state index in [9.17, 15) is 5.11 Å². The van der Waals surface area contributed by atoms with Crippen molar-refractivity contribution in [3.63, 3.8) is 0 Å². The van der Waals surface area contributed by atoms with Crippen LogP contribution in [0.2, 0.25) is 0 Å². The topological polar surface area (TPSA) is 46.0 Å². The van der Waals surface area contributed by atoms with Crippen LogP contribution >= 0.6 is 0 Å². The average Bonchev–Trinajstić information content (AvgIpc) is 2.23. The molecule has 0 aliphatic heterocycles. The van der Waals surface area contributed by atoms with Crippen LogP contribution in [-0.2, 0) is 0 Å². The second kappa shape index (κ2) is 3.46. The molecule has 1 heterocycles. The summed E-state index contributed by atoms with van der Waals surface area (Å²) in [6.45, 7) is 1.98. The highest BCUT2D eigenvalue weighted by molar-refractivity contribution is 5.69. The summed E-state index contributed by atoms with van der Waals surface area (Å²) in [5.41, 5.74) is 2.70. The first-order valence-corrected chi connectivity index (χ1v) is 4.32. The summed E-state index contributed by atoms with van der Waals surface area (Å²) in [6.07, 6.45) is 4.83. The van der Waals surface area contributed by atoms with E-state index in [2.05, 4.69) is 9.97 Å². The molecule has 0 saturated heterocycles. The van der Waals surface area contributed by atoms with Crippen molar-refractivity contribution in [1.82, 2.24) is 9.97 Å². The van der Waals surface area contributed by atoms with Crippen molar-refractivity contribution in [2.45, 2.75) is 6.92 Å². The summed E-state index contributed by atoms with van der Waals surface area (Å²) < 4.78 is 0. The van der Waals surface area contributed by atoms with Crippen LogP contribution in [0, 0.1) is 6.92 Å². The van der Waals surface area contributed by atoms with E-state index in [-0.39, 0.29) is 5.75 Å². The molecule has 1 N–H and O–H groups in total. The third-order valence-electron chi connectivity index (χ3n) is 2.02. The molecular formula is C11H10N2O. The molecule has 0 bridgehead atoms. The second-order valence-electron chi connectivity index (χ2n) is 3.15. The molecule has 2 aromatic rings. The van der Waals surface area contributed by atoms with Crippen LogP contribution in [0.25, 0.3) is 11.1 Å². The van der Waals surface area contributed by atoms with E-state index in [0.717, 1.165) is 16.7 Å². The molecule has 0 spiro atoms. The van der Waals surface area contributed by atoms with Crippen molar-refractivity contribution in [1.29, 1.82) is 0 Å². The van der Waals surface area contributed by atoms with Gasteiger partial charge in [-0.05, 0) is 19.1 Å². The van der Waals surface area contributed by atoms with Crippen molar-refractivity contribution in [3.05, 3.63) is 42.5 Å². The van der Waals surface area contributed by atoms with Gasteiger partial charge in [0, 0.05) is 23.5 Å². The van der Waals surface area contributed by atoms with Gasteiger partial charge in [-0.2, -0.15) is 0 Å². The number of aryl methyl sites for hydroxylation is 1. The molecule has 3 heteroatoms. The number of phenols is 1. The zero-order valence-corrected chi connectivity index (χ0v) is 7.81. The van der Waals surface area contributed by atoms with E-state index < -0.39 is 0 Å². The molecule has 0 fully saturated rings. The highest BCUT2D eigenvalue weighted by Crippen LogP contribution is 2.28. The van der Waals surface area contributed by atoms with E-state index in [0.29, 0.717) is 0 Å². The Bertz CT molecular complexity index is 440. The molecule has 0 aliphatic rings. The van der Waals surface area contributed by atoms with Crippen LogP contribution in [0.3, 0.4) is 0 Å². The third-order valence-corrected chi connectivity index (χ3v) is 2.02. The summed E-state index contributed by atoms with van der Waals surface area (Å²) in [6, 6.07) is 5.45. The van der Waals surface area contributed by atoms with Gasteiger partial charge in [0.15, 0.2) is 0 Å². The van der Waals surface area contributed by atoms with E-state index >= 15 is 0 Å². The number of hydrogen-bond acceptors (Lipinski definition) is 3. The predicted octanol–water partition coefficient (Wildman–Crippen LogP) is 2.16. The summed E-state index contributed by atoms with van der Waals surface area (Å²) >= 11 is 0. The van der Waals surface area contributed by atoms with Gasteiger partial charge >= 0.3 is 0 Å². The SMILES string of the molecule is Cc1ccc(O)c(-c2cncnc2)c1. The van der Waals surface area contributed by atoms with Crippen molar-refractivity contribution in [2.75, 3.05) is 0 Å². The minimum atomic E-state index is 0.255. The molecule has 2 rings (SSSR count). The van der Waals surface area contributed by atoms with Gasteiger partial charge in [0.25, 0.3) is 0 Å². The Morgan fingerprint density at radius 1 is 1.14 bits per heavy atom. The van der Waals surface area contributed by atoms with Crippen molar-refractivity contribution >= 4 is 0 Å². The quantitative estimate of drug-likeness (QED) is 0.742. The van der Waals surface area contributed by atoms with Crippen LogP contribution < -0.4 is 0 Å². The lowest BCUT2D eigenvalue weighted by atomic mass is 10.1. The van der Waals surface area contributed by atoms with Gasteiger partial charge in [0.2, 0.25) is 0 Å². The number of aromatic hydroxyl groups is 1. The molecular weight excluding hydrogens is 176 g/mol. The Balaban J connectivity index is 2.57. The molecule has 70 valence electrons. The first-order chi connectivity index (χ1) is 6.77. The number of nitrogens with zero attached hydrogens (tertiary/aromatic N) is 2. The normalized spacial score (nSPS) is 10.1. The Hall–Kier alpha value is -1.90. The van der Waals surface area contributed by atoms with Crippen LogP contribution in [0.1, 0.15) is 5.56 Å². The van der Waals surface area contributed by atoms with Gasteiger partial charge in [-0.1, -0.05) is 11.6 Å². The largest absolute Gasteiger partial charge is 0.507 e. The third kappa shape index (κ3) is 1.57. The smallest absolute Gasteiger partial charge is 0.123 e. The van der Waals surface area contributed by atoms with Crippen LogP contribution in [0.5, 0.6) is 5.75 Å². The first-order valence-electron chi connectivity index (χ1n) is 4.32. The van der Waals surface area contributed by atoms with E-state index in [1.54, 1.807) is 18.5 Å². The molecule has 1 aromatic heterocycles. The number of aromatic nitrogens is 2. The highest BCUT2D eigenvalue weighted by atomic mass is 16.3. The van der Waals surface area contributed by atoms with Gasteiger partial charge in [-0.3, -0.25) is 0 Å². The Kier molecular flexibility index (Phi) is 2.14. The lowest BCUT2D eigenvalue weighted by Crippen LogP contribution is -1.83. The summed E-state index contributed by atoms with van der Waals surface area (Å²) in [7, 11) is 0. The van der Waals surface area contributed by atoms with Crippen molar-refractivity contribution < 1.29 is 5.11 Å². The average molecular weight is 186 g/mol. The van der Waals surface area contributed by atoms with E-state index in [1.165, 1.54) is 6.33 Å². The lowest BCUT2D eigenvalue weighted by Gasteiger charge is -2.04. The van der Waals surface area contributed by atoms with E-state index in [4.69, 9.17) is 0 Å². The molecule has 0 atom stereocenters. The van der Waals surface area contributed by atoms with Gasteiger partial charge in [0.1, 0.15) is 12.1 Å². The van der Waals surface area contributed by atoms with Crippen molar-refractivity contribution in [2.24, 2.45) is 0 Å². The number of benzene rings is 1. The Morgan fingerprint density at radius 3 is 2.57 bits per heavy atom. The maximum absolute atomic E-state index is 9.63. The van der Waals surface area contributed by atoms with Crippen LogP contribution in [-0.4, -0.2) is 15.1 Å². The number of rotatable bonds is 1. The Morgan fingerprint density at radius 2 is 1.86 bits per heavy atom. The zero-order chi connectivity index (χ0) is 9.97. The minimum Gasteiger partial charge on any atom is -0.507 e. The maximum Gasteiger partial charge on any atom is 0.123 e. The molecule has 0 unspecified atom stereocenters. The summed E-state index contributed by atoms with van der Waals surface area (Å²) in [5, 5.41) is 9.63. The molecule has 3 nitrogen and oxygen atoms in total. The van der Waals surface area contributed by atoms with Crippen LogP contribution in [0.15, 0.2) is 36.9 Å². The monoisotopic (exact) mass is 186 g/mol. The number of hydrogen-bond donors (Lipinski definition) is 1. The molecule has 0 amide bonds. The molecule has 14 heavy (non-hydrogen) atoms. The van der Waals surface area contributed by atoms with Crippen LogP contribution in [0.4, 0.5) is 0 Å². The van der Waals surface area contributed by atoms with Gasteiger partial charge in [-0.25, -0.2) is 9.97 Å². The molecule has 0 aliphatic carbocycles.